The van der Waals surface area contributed by atoms with Crippen LogP contribution in [0.2, 0.25) is 0 Å². The van der Waals surface area contributed by atoms with Gasteiger partial charge in [-0.05, 0) is 67.4 Å². The zero-order valence-corrected chi connectivity index (χ0v) is 24.6. The molecule has 3 aromatic rings. The number of likely N-dealkylation sites (N-methyl/N-ethyl adjacent to an activating group) is 1. The number of nitrogens with zero attached hydrogens (tertiary/aromatic N) is 2. The van der Waals surface area contributed by atoms with Gasteiger partial charge in [0.2, 0.25) is 0 Å². The molecule has 0 saturated carbocycles. The Morgan fingerprint density at radius 3 is 2.45 bits per heavy atom. The highest BCUT2D eigenvalue weighted by Crippen LogP contribution is 2.28. The molecule has 1 N–H and O–H groups in total. The van der Waals surface area contributed by atoms with Crippen molar-refractivity contribution in [2.45, 2.75) is 37.4 Å². The number of ether oxygens (including phenoxy) is 2. The Morgan fingerprint density at radius 2 is 1.74 bits per heavy atom. The predicted octanol–water partition coefficient (Wildman–Crippen LogP) is 4.91. The second-order valence-corrected chi connectivity index (χ2v) is 12.2. The van der Waals surface area contributed by atoms with Crippen molar-refractivity contribution >= 4 is 21.6 Å². The zero-order valence-electron chi connectivity index (χ0n) is 23.8. The van der Waals surface area contributed by atoms with Gasteiger partial charge in [-0.25, -0.2) is 21.6 Å². The Morgan fingerprint density at radius 1 is 1.00 bits per heavy atom. The van der Waals surface area contributed by atoms with Crippen LogP contribution >= 0.6 is 0 Å². The van der Waals surface area contributed by atoms with Gasteiger partial charge in [0.1, 0.15) is 29.8 Å². The lowest BCUT2D eigenvalue weighted by atomic mass is 10.0. The molecule has 8 nitrogen and oxygen atoms in total. The molecule has 0 bridgehead atoms. The summed E-state index contributed by atoms with van der Waals surface area (Å²) >= 11 is 0. The van der Waals surface area contributed by atoms with Crippen molar-refractivity contribution < 1.29 is 35.9 Å². The monoisotopic (exact) mass is 605 g/mol. The summed E-state index contributed by atoms with van der Waals surface area (Å²) in [4.78, 5) is 16.7. The van der Waals surface area contributed by atoms with Crippen LogP contribution in [0.15, 0.2) is 65.6 Å². The Bertz CT molecular complexity index is 1540. The van der Waals surface area contributed by atoms with E-state index in [0.29, 0.717) is 6.54 Å². The van der Waals surface area contributed by atoms with Gasteiger partial charge in [-0.15, -0.1) is 0 Å². The van der Waals surface area contributed by atoms with Crippen LogP contribution in [0.3, 0.4) is 0 Å². The minimum Gasteiger partial charge on any atom is -0.491 e. The number of benzene rings is 3. The first-order chi connectivity index (χ1) is 19.9. The number of carbonyl (C=O) groups is 1. The normalized spacial score (nSPS) is 20.7. The molecule has 1 aliphatic heterocycles. The Labute approximate surface area is 244 Å². The third-order valence-electron chi connectivity index (χ3n) is 7.31. The van der Waals surface area contributed by atoms with Crippen molar-refractivity contribution in [2.75, 3.05) is 38.6 Å². The molecule has 4 rings (SSSR count). The predicted molar refractivity (Wildman–Crippen MR) is 152 cm³/mol. The van der Waals surface area contributed by atoms with E-state index in [1.165, 1.54) is 41.3 Å². The van der Waals surface area contributed by atoms with Gasteiger partial charge in [0.05, 0.1) is 16.6 Å². The quantitative estimate of drug-likeness (QED) is 0.430. The van der Waals surface area contributed by atoms with E-state index in [2.05, 4.69) is 4.72 Å². The van der Waals surface area contributed by atoms with Gasteiger partial charge in [0.15, 0.2) is 0 Å². The van der Waals surface area contributed by atoms with Gasteiger partial charge < -0.3 is 14.4 Å². The van der Waals surface area contributed by atoms with Crippen LogP contribution in [0.4, 0.5) is 18.9 Å². The Kier molecular flexibility index (Phi) is 9.80. The number of anilines is 1. The zero-order chi connectivity index (χ0) is 30.6. The first-order valence-corrected chi connectivity index (χ1v) is 14.9. The molecule has 226 valence electrons. The molecule has 0 aromatic heterocycles. The molecule has 0 saturated heterocycles. The van der Waals surface area contributed by atoms with Gasteiger partial charge in [0.25, 0.3) is 15.9 Å². The molecule has 1 amide bonds. The smallest absolute Gasteiger partial charge is 0.261 e. The largest absolute Gasteiger partial charge is 0.491 e. The highest BCUT2D eigenvalue weighted by Gasteiger charge is 2.29. The summed E-state index contributed by atoms with van der Waals surface area (Å²) in [5, 5.41) is 0. The molecule has 0 radical (unpaired) electrons. The number of carbonyl (C=O) groups excluding carboxylic acids is 1. The molecule has 12 heteroatoms. The summed E-state index contributed by atoms with van der Waals surface area (Å²) in [6.45, 7) is 4.71. The van der Waals surface area contributed by atoms with Crippen molar-refractivity contribution in [3.05, 3.63) is 89.2 Å². The minimum atomic E-state index is -4.15. The minimum absolute atomic E-state index is 0.0865. The van der Waals surface area contributed by atoms with Gasteiger partial charge >= 0.3 is 0 Å². The van der Waals surface area contributed by atoms with E-state index >= 15 is 0 Å². The van der Waals surface area contributed by atoms with Crippen molar-refractivity contribution in [1.29, 1.82) is 0 Å². The number of methoxy groups -OCH3 is 1. The first kappa shape index (κ1) is 31.3. The lowest BCUT2D eigenvalue weighted by molar-refractivity contribution is 0.00903. The lowest BCUT2D eigenvalue weighted by Gasteiger charge is -2.36. The Hall–Kier alpha value is -3.61. The summed E-state index contributed by atoms with van der Waals surface area (Å²) < 4.78 is 82.1. The standard InChI is InChI=1S/C30H34F3N3O5S/c1-19-15-36(16-21-12-23(32)8-10-27(21)33)20(2)18-41-28-11-9-24(14-26(28)30(37)35(3)17-29(19)40-4)34-42(38,39)25-7-5-6-22(31)13-25/h5-14,19-20,29,34H,15-18H2,1-4H3/t19-,20+,29+/m0/s1. The topological polar surface area (TPSA) is 88.2 Å². The number of rotatable bonds is 6. The summed E-state index contributed by atoms with van der Waals surface area (Å²) in [7, 11) is -1.00. The fraction of sp³-hybridized carbons (Fsp3) is 0.367. The number of halogens is 3. The fourth-order valence-corrected chi connectivity index (χ4v) is 5.95. The molecular weight excluding hydrogens is 571 g/mol. The van der Waals surface area contributed by atoms with Crippen molar-refractivity contribution in [2.24, 2.45) is 5.92 Å². The number of hydrogen-bond acceptors (Lipinski definition) is 6. The average Bonchev–Trinajstić information content (AvgIpc) is 2.95. The molecular formula is C30H34F3N3O5S. The maximum Gasteiger partial charge on any atom is 0.261 e. The van der Waals surface area contributed by atoms with E-state index in [0.717, 1.165) is 24.3 Å². The van der Waals surface area contributed by atoms with E-state index in [4.69, 9.17) is 9.47 Å². The van der Waals surface area contributed by atoms with Crippen molar-refractivity contribution in [3.63, 3.8) is 0 Å². The van der Waals surface area contributed by atoms with Gasteiger partial charge in [-0.1, -0.05) is 13.0 Å². The molecule has 1 aliphatic rings. The van der Waals surface area contributed by atoms with Crippen LogP contribution in [-0.2, 0) is 21.3 Å². The summed E-state index contributed by atoms with van der Waals surface area (Å²) in [5.74, 6) is -2.08. The van der Waals surface area contributed by atoms with Crippen molar-refractivity contribution in [1.82, 2.24) is 9.80 Å². The van der Waals surface area contributed by atoms with E-state index in [1.54, 1.807) is 14.2 Å². The van der Waals surface area contributed by atoms with Gasteiger partial charge in [-0.3, -0.25) is 14.4 Å². The number of hydrogen-bond donors (Lipinski definition) is 1. The maximum atomic E-state index is 14.6. The van der Waals surface area contributed by atoms with Crippen LogP contribution < -0.4 is 9.46 Å². The van der Waals surface area contributed by atoms with Crippen LogP contribution in [0.25, 0.3) is 0 Å². The second kappa shape index (κ2) is 13.1. The third kappa shape index (κ3) is 7.42. The SMILES string of the molecule is CO[C@@H]1CN(C)C(=O)c2cc(NS(=O)(=O)c3cccc(F)c3)ccc2OC[C@@H](C)N(Cc2cc(F)ccc2F)C[C@@H]1C. The maximum absolute atomic E-state index is 14.6. The second-order valence-electron chi connectivity index (χ2n) is 10.5. The molecule has 42 heavy (non-hydrogen) atoms. The number of amides is 1. The fourth-order valence-electron chi connectivity index (χ4n) is 4.87. The molecule has 3 atom stereocenters. The first-order valence-electron chi connectivity index (χ1n) is 13.4. The van der Waals surface area contributed by atoms with E-state index in [-0.39, 0.29) is 59.1 Å². The molecule has 0 unspecified atom stereocenters. The molecule has 1 heterocycles. The highest BCUT2D eigenvalue weighted by atomic mass is 32.2. The lowest BCUT2D eigenvalue weighted by Crippen LogP contribution is -2.46. The van der Waals surface area contributed by atoms with Crippen LogP contribution in [0.5, 0.6) is 5.75 Å². The number of sulfonamides is 1. The molecule has 0 fully saturated rings. The van der Waals surface area contributed by atoms with E-state index in [1.807, 2.05) is 18.7 Å². The van der Waals surface area contributed by atoms with Crippen LogP contribution in [0.1, 0.15) is 29.8 Å². The van der Waals surface area contributed by atoms with Crippen LogP contribution in [0, 0.1) is 23.4 Å². The third-order valence-corrected chi connectivity index (χ3v) is 8.69. The Balaban J connectivity index is 1.67. The molecule has 0 spiro atoms. The van der Waals surface area contributed by atoms with Gasteiger partial charge in [0, 0.05) is 51.1 Å². The van der Waals surface area contributed by atoms with Crippen LogP contribution in [-0.4, -0.2) is 70.1 Å². The molecule has 0 aliphatic carbocycles. The average molecular weight is 606 g/mol. The van der Waals surface area contributed by atoms with E-state index < -0.39 is 39.5 Å². The summed E-state index contributed by atoms with van der Waals surface area (Å²) in [6, 6.07) is 11.9. The number of fused-ring (bicyclic) bond motifs is 1. The number of nitrogens with one attached hydrogen (secondary N) is 1. The van der Waals surface area contributed by atoms with Gasteiger partial charge in [-0.2, -0.15) is 0 Å². The summed E-state index contributed by atoms with van der Waals surface area (Å²) in [6.07, 6.45) is -0.399. The molecule has 3 aromatic carbocycles. The summed E-state index contributed by atoms with van der Waals surface area (Å²) in [5.41, 5.74) is 0.399. The van der Waals surface area contributed by atoms with Crippen molar-refractivity contribution in [3.8, 4) is 5.75 Å². The van der Waals surface area contributed by atoms with E-state index in [9.17, 15) is 26.4 Å². The highest BCUT2D eigenvalue weighted by molar-refractivity contribution is 7.92.